The average Bonchev–Trinajstić information content (AvgIpc) is 2.34. The molecule has 0 amide bonds. The van der Waals surface area contributed by atoms with Crippen LogP contribution in [-0.2, 0) is 0 Å². The maximum Gasteiger partial charge on any atom is 0.158 e. The van der Waals surface area contributed by atoms with Crippen molar-refractivity contribution in [2.24, 2.45) is 0 Å². The summed E-state index contributed by atoms with van der Waals surface area (Å²) in [4.78, 5) is 7.80. The zero-order valence-electron chi connectivity index (χ0n) is 8.48. The van der Waals surface area contributed by atoms with Gasteiger partial charge < -0.3 is 5.32 Å². The SMILES string of the molecule is N#Cc1cnc(Nc2ccc(F)cc2Cl)cn1. The van der Waals surface area contributed by atoms with E-state index in [-0.39, 0.29) is 10.7 Å². The van der Waals surface area contributed by atoms with E-state index in [0.29, 0.717) is 11.5 Å². The summed E-state index contributed by atoms with van der Waals surface area (Å²) in [5.74, 6) is 0.0176. The van der Waals surface area contributed by atoms with E-state index in [4.69, 9.17) is 16.9 Å². The molecule has 0 atom stereocenters. The Labute approximate surface area is 102 Å². The Morgan fingerprint density at radius 3 is 2.71 bits per heavy atom. The van der Waals surface area contributed by atoms with Crippen molar-refractivity contribution in [2.45, 2.75) is 0 Å². The Morgan fingerprint density at radius 1 is 1.29 bits per heavy atom. The van der Waals surface area contributed by atoms with Crippen molar-refractivity contribution in [3.05, 3.63) is 47.1 Å². The molecule has 0 saturated heterocycles. The highest BCUT2D eigenvalue weighted by Gasteiger charge is 2.03. The molecule has 0 unspecified atom stereocenters. The van der Waals surface area contributed by atoms with E-state index in [9.17, 15) is 4.39 Å². The van der Waals surface area contributed by atoms with Gasteiger partial charge in [0.1, 0.15) is 17.7 Å². The van der Waals surface area contributed by atoms with Crippen LogP contribution in [0.15, 0.2) is 30.6 Å². The molecule has 1 aromatic carbocycles. The van der Waals surface area contributed by atoms with Crippen LogP contribution in [0, 0.1) is 17.1 Å². The van der Waals surface area contributed by atoms with Crippen molar-refractivity contribution < 1.29 is 4.39 Å². The second-order valence-electron chi connectivity index (χ2n) is 3.15. The predicted octanol–water partition coefficient (Wildman–Crippen LogP) is 2.88. The summed E-state index contributed by atoms with van der Waals surface area (Å²) >= 11 is 5.83. The minimum absolute atomic E-state index is 0.223. The first kappa shape index (κ1) is 11.3. The number of nitrogens with zero attached hydrogens (tertiary/aromatic N) is 3. The normalized spacial score (nSPS) is 9.71. The quantitative estimate of drug-likeness (QED) is 0.888. The standard InChI is InChI=1S/C11H6ClFN4/c12-9-3-7(13)1-2-10(9)17-11-6-15-8(4-14)5-16-11/h1-3,5-6H,(H,16,17). The Morgan fingerprint density at radius 2 is 2.12 bits per heavy atom. The highest BCUT2D eigenvalue weighted by molar-refractivity contribution is 6.33. The molecule has 4 nitrogen and oxygen atoms in total. The van der Waals surface area contributed by atoms with Crippen molar-refractivity contribution in [3.8, 4) is 6.07 Å². The van der Waals surface area contributed by atoms with E-state index >= 15 is 0 Å². The first-order valence-corrected chi connectivity index (χ1v) is 5.01. The Bertz CT molecular complexity index is 577. The van der Waals surface area contributed by atoms with Crippen LogP contribution in [0.3, 0.4) is 0 Å². The maximum atomic E-state index is 12.8. The van der Waals surface area contributed by atoms with Crippen molar-refractivity contribution in [1.29, 1.82) is 5.26 Å². The summed E-state index contributed by atoms with van der Waals surface area (Å²) < 4.78 is 12.8. The largest absolute Gasteiger partial charge is 0.338 e. The summed E-state index contributed by atoms with van der Waals surface area (Å²) in [5, 5.41) is 11.7. The van der Waals surface area contributed by atoms with Gasteiger partial charge in [-0.2, -0.15) is 5.26 Å². The van der Waals surface area contributed by atoms with Gasteiger partial charge in [0, 0.05) is 0 Å². The van der Waals surface area contributed by atoms with Gasteiger partial charge in [0.15, 0.2) is 5.69 Å². The Hall–Kier alpha value is -2.19. The molecule has 2 aromatic rings. The van der Waals surface area contributed by atoms with Crippen LogP contribution in [0.1, 0.15) is 5.69 Å². The number of halogens is 2. The summed E-state index contributed by atoms with van der Waals surface area (Å²) in [5.41, 5.74) is 0.743. The van der Waals surface area contributed by atoms with Gasteiger partial charge in [-0.25, -0.2) is 14.4 Å². The molecular weight excluding hydrogens is 243 g/mol. The molecule has 1 N–H and O–H groups in total. The van der Waals surface area contributed by atoms with E-state index in [0.717, 1.165) is 0 Å². The third-order valence-electron chi connectivity index (χ3n) is 1.96. The summed E-state index contributed by atoms with van der Waals surface area (Å²) in [6, 6.07) is 5.84. The number of nitriles is 1. The Kier molecular flexibility index (Phi) is 3.17. The number of benzene rings is 1. The molecule has 17 heavy (non-hydrogen) atoms. The van der Waals surface area contributed by atoms with Crippen LogP contribution < -0.4 is 5.32 Å². The van der Waals surface area contributed by atoms with Gasteiger partial charge in [-0.1, -0.05) is 11.6 Å². The van der Waals surface area contributed by atoms with Gasteiger partial charge in [0.25, 0.3) is 0 Å². The average molecular weight is 249 g/mol. The molecule has 0 bridgehead atoms. The van der Waals surface area contributed by atoms with Crippen LogP contribution in [0.5, 0.6) is 0 Å². The third-order valence-corrected chi connectivity index (χ3v) is 2.27. The molecule has 1 aromatic heterocycles. The third kappa shape index (κ3) is 2.68. The second kappa shape index (κ2) is 4.76. The smallest absolute Gasteiger partial charge is 0.158 e. The van der Waals surface area contributed by atoms with Gasteiger partial charge in [-0.15, -0.1) is 0 Å². The topological polar surface area (TPSA) is 61.6 Å². The molecule has 2 rings (SSSR count). The molecular formula is C11H6ClFN4. The lowest BCUT2D eigenvalue weighted by molar-refractivity contribution is 0.628. The van der Waals surface area contributed by atoms with E-state index in [1.54, 1.807) is 0 Å². The fourth-order valence-corrected chi connectivity index (χ4v) is 1.39. The Balaban J connectivity index is 2.23. The van der Waals surface area contributed by atoms with Gasteiger partial charge in [0.2, 0.25) is 0 Å². The lowest BCUT2D eigenvalue weighted by Crippen LogP contribution is -1.96. The molecule has 0 fully saturated rings. The van der Waals surface area contributed by atoms with Gasteiger partial charge in [-0.3, -0.25) is 0 Å². The monoisotopic (exact) mass is 248 g/mol. The molecule has 84 valence electrons. The van der Waals surface area contributed by atoms with Gasteiger partial charge >= 0.3 is 0 Å². The van der Waals surface area contributed by atoms with E-state index < -0.39 is 5.82 Å². The number of rotatable bonds is 2. The number of hydrogen-bond donors (Lipinski definition) is 1. The minimum atomic E-state index is -0.411. The zero-order chi connectivity index (χ0) is 12.3. The van der Waals surface area contributed by atoms with Crippen molar-refractivity contribution in [1.82, 2.24) is 9.97 Å². The highest BCUT2D eigenvalue weighted by atomic mass is 35.5. The van der Waals surface area contributed by atoms with E-state index in [1.165, 1.54) is 30.6 Å². The van der Waals surface area contributed by atoms with Crippen LogP contribution in [0.25, 0.3) is 0 Å². The fraction of sp³-hybridized carbons (Fsp3) is 0. The lowest BCUT2D eigenvalue weighted by atomic mass is 10.3. The minimum Gasteiger partial charge on any atom is -0.338 e. The summed E-state index contributed by atoms with van der Waals surface area (Å²) in [7, 11) is 0. The zero-order valence-corrected chi connectivity index (χ0v) is 9.24. The lowest BCUT2D eigenvalue weighted by Gasteiger charge is -2.06. The molecule has 6 heteroatoms. The molecule has 0 saturated carbocycles. The highest BCUT2D eigenvalue weighted by Crippen LogP contribution is 2.24. The van der Waals surface area contributed by atoms with Crippen molar-refractivity contribution >= 4 is 23.1 Å². The maximum absolute atomic E-state index is 12.8. The van der Waals surface area contributed by atoms with Crippen molar-refractivity contribution in [2.75, 3.05) is 5.32 Å². The van der Waals surface area contributed by atoms with E-state index in [1.807, 2.05) is 6.07 Å². The predicted molar refractivity (Wildman–Crippen MR) is 61.4 cm³/mol. The number of anilines is 2. The van der Waals surface area contributed by atoms with Crippen molar-refractivity contribution in [3.63, 3.8) is 0 Å². The second-order valence-corrected chi connectivity index (χ2v) is 3.56. The summed E-state index contributed by atoms with van der Waals surface area (Å²) in [6.45, 7) is 0. The first-order chi connectivity index (χ1) is 8.19. The first-order valence-electron chi connectivity index (χ1n) is 4.63. The van der Waals surface area contributed by atoms with Crippen LogP contribution in [-0.4, -0.2) is 9.97 Å². The van der Waals surface area contributed by atoms with Crippen LogP contribution >= 0.6 is 11.6 Å². The van der Waals surface area contributed by atoms with Gasteiger partial charge in [0.05, 0.1) is 23.1 Å². The van der Waals surface area contributed by atoms with Crippen LogP contribution in [0.2, 0.25) is 5.02 Å². The van der Waals surface area contributed by atoms with Crippen LogP contribution in [0.4, 0.5) is 15.9 Å². The molecule has 0 spiro atoms. The molecule has 0 aliphatic carbocycles. The van der Waals surface area contributed by atoms with Gasteiger partial charge in [-0.05, 0) is 18.2 Å². The number of hydrogen-bond acceptors (Lipinski definition) is 4. The molecule has 1 heterocycles. The molecule has 0 aliphatic rings. The number of aromatic nitrogens is 2. The summed E-state index contributed by atoms with van der Waals surface area (Å²) in [6.07, 6.45) is 2.73. The molecule has 0 radical (unpaired) electrons. The fourth-order valence-electron chi connectivity index (χ4n) is 1.18. The van der Waals surface area contributed by atoms with E-state index in [2.05, 4.69) is 15.3 Å². The molecule has 0 aliphatic heterocycles. The number of nitrogens with one attached hydrogen (secondary N) is 1.